The van der Waals surface area contributed by atoms with Crippen molar-refractivity contribution in [1.82, 2.24) is 0 Å². The molecule has 0 spiro atoms. The van der Waals surface area contributed by atoms with Gasteiger partial charge < -0.3 is 13.3 Å². The second-order valence-electron chi connectivity index (χ2n) is 2.81. The molecule has 0 aliphatic heterocycles. The largest absolute Gasteiger partial charge is 0.536 e. The molecule has 0 N–H and O–H groups in total. The van der Waals surface area contributed by atoms with E-state index >= 15 is 0 Å². The van der Waals surface area contributed by atoms with Crippen LogP contribution in [0.15, 0.2) is 29.4 Å². The van der Waals surface area contributed by atoms with Gasteiger partial charge in [-0.25, -0.2) is 0 Å². The summed E-state index contributed by atoms with van der Waals surface area (Å²) in [6.07, 6.45) is 0. The van der Waals surface area contributed by atoms with E-state index in [0.29, 0.717) is 5.69 Å². The Bertz CT molecular complexity index is 315. The quantitative estimate of drug-likeness (QED) is 0.559. The fourth-order valence-corrected chi connectivity index (χ4v) is 3.11. The van der Waals surface area contributed by atoms with Crippen LogP contribution >= 0.6 is 0 Å². The fourth-order valence-electron chi connectivity index (χ4n) is 1.33. The lowest BCUT2D eigenvalue weighted by Gasteiger charge is -2.24. The predicted molar refractivity (Wildman–Crippen MR) is 58.3 cm³/mol. The Hall–Kier alpha value is -1.08. The van der Waals surface area contributed by atoms with Gasteiger partial charge in [-0.2, -0.15) is 0 Å². The first-order valence-electron chi connectivity index (χ1n) is 4.31. The Morgan fingerprint density at radius 3 is 1.80 bits per heavy atom. The highest BCUT2D eigenvalue weighted by Crippen LogP contribution is 2.12. The lowest BCUT2D eigenvalue weighted by molar-refractivity contribution is 0.140. The van der Waals surface area contributed by atoms with Gasteiger partial charge in [0.1, 0.15) is 5.69 Å². The third-order valence-corrected chi connectivity index (χ3v) is 4.79. The first-order valence-corrected chi connectivity index (χ1v) is 6.04. The number of rotatable bonds is 5. The van der Waals surface area contributed by atoms with Crippen molar-refractivity contribution in [2.24, 2.45) is 5.18 Å². The number of hydrogen-bond acceptors (Lipinski definition) is 5. The van der Waals surface area contributed by atoms with Crippen LogP contribution in [0.5, 0.6) is 0 Å². The Morgan fingerprint density at radius 2 is 1.47 bits per heavy atom. The first-order chi connectivity index (χ1) is 7.22. The molecule has 6 heteroatoms. The monoisotopic (exact) mass is 227 g/mol. The van der Waals surface area contributed by atoms with Gasteiger partial charge in [-0.1, -0.05) is 12.1 Å². The third kappa shape index (κ3) is 2.29. The van der Waals surface area contributed by atoms with E-state index in [4.69, 9.17) is 13.3 Å². The van der Waals surface area contributed by atoms with Crippen molar-refractivity contribution in [3.05, 3.63) is 29.2 Å². The van der Waals surface area contributed by atoms with E-state index in [1.54, 1.807) is 24.3 Å². The van der Waals surface area contributed by atoms with Crippen LogP contribution in [-0.2, 0) is 13.3 Å². The molecule has 0 fully saturated rings. The average molecular weight is 227 g/mol. The first kappa shape index (κ1) is 12.0. The van der Waals surface area contributed by atoms with Gasteiger partial charge in [0.25, 0.3) is 0 Å². The zero-order valence-corrected chi connectivity index (χ0v) is 9.89. The summed E-state index contributed by atoms with van der Waals surface area (Å²) in [5, 5.41) is 3.61. The van der Waals surface area contributed by atoms with Gasteiger partial charge in [0.15, 0.2) is 0 Å². The standard InChI is InChI=1S/C9H13NO4Si/c1-12-15(13-2,14-3)9-6-4-8(10-11)5-7-9/h4-7H,1-3H3. The van der Waals surface area contributed by atoms with Crippen LogP contribution in [0.2, 0.25) is 0 Å². The topological polar surface area (TPSA) is 57.1 Å². The van der Waals surface area contributed by atoms with E-state index in [9.17, 15) is 4.91 Å². The molecular formula is C9H13NO4Si. The third-order valence-electron chi connectivity index (χ3n) is 2.13. The smallest absolute Gasteiger partial charge is 0.373 e. The van der Waals surface area contributed by atoms with Crippen LogP contribution in [0.25, 0.3) is 0 Å². The highest BCUT2D eigenvalue weighted by molar-refractivity contribution is 6.75. The average Bonchev–Trinajstić information content (AvgIpc) is 2.33. The molecule has 0 aliphatic rings. The molecule has 1 rings (SSSR count). The van der Waals surface area contributed by atoms with Crippen molar-refractivity contribution in [2.45, 2.75) is 0 Å². The lowest BCUT2D eigenvalue weighted by atomic mass is 10.3. The van der Waals surface area contributed by atoms with Crippen LogP contribution in [0.3, 0.4) is 0 Å². The summed E-state index contributed by atoms with van der Waals surface area (Å²) in [5.74, 6) is 0. The van der Waals surface area contributed by atoms with Crippen LogP contribution in [0.1, 0.15) is 0 Å². The van der Waals surface area contributed by atoms with Gasteiger partial charge in [-0.15, -0.1) is 4.91 Å². The fraction of sp³-hybridized carbons (Fsp3) is 0.333. The summed E-state index contributed by atoms with van der Waals surface area (Å²) in [5.41, 5.74) is 0.366. The van der Waals surface area contributed by atoms with Gasteiger partial charge >= 0.3 is 8.80 Å². The van der Waals surface area contributed by atoms with E-state index in [1.165, 1.54) is 21.3 Å². The molecule has 5 nitrogen and oxygen atoms in total. The minimum atomic E-state index is -2.77. The molecule has 0 atom stereocenters. The normalized spacial score (nSPS) is 11.4. The molecule has 0 amide bonds. The molecule has 0 radical (unpaired) electrons. The number of hydrogen-bond donors (Lipinski definition) is 0. The molecule has 0 saturated heterocycles. The number of benzene rings is 1. The SMILES string of the molecule is CO[Si](OC)(OC)c1ccc(N=O)cc1. The van der Waals surface area contributed by atoms with Gasteiger partial charge in [0.2, 0.25) is 0 Å². The van der Waals surface area contributed by atoms with Gasteiger partial charge in [-0.3, -0.25) is 0 Å². The zero-order valence-electron chi connectivity index (χ0n) is 8.89. The van der Waals surface area contributed by atoms with Crippen molar-refractivity contribution >= 4 is 19.7 Å². The van der Waals surface area contributed by atoms with E-state index in [2.05, 4.69) is 5.18 Å². The van der Waals surface area contributed by atoms with E-state index in [0.717, 1.165) is 5.19 Å². The van der Waals surface area contributed by atoms with Crippen LogP contribution < -0.4 is 5.19 Å². The molecule has 0 aliphatic carbocycles. The van der Waals surface area contributed by atoms with Crippen molar-refractivity contribution in [3.8, 4) is 0 Å². The minimum absolute atomic E-state index is 0.366. The Balaban J connectivity index is 3.06. The summed E-state index contributed by atoms with van der Waals surface area (Å²) in [6.45, 7) is 0. The Kier molecular flexibility index (Phi) is 4.10. The van der Waals surface area contributed by atoms with Gasteiger partial charge in [0.05, 0.1) is 0 Å². The molecule has 1 aromatic carbocycles. The van der Waals surface area contributed by atoms with Gasteiger partial charge in [-0.05, 0) is 17.3 Å². The molecular weight excluding hydrogens is 214 g/mol. The number of nitrogens with zero attached hydrogens (tertiary/aromatic N) is 1. The van der Waals surface area contributed by atoms with Gasteiger partial charge in [0, 0.05) is 26.5 Å². The molecule has 0 bridgehead atoms. The summed E-state index contributed by atoms with van der Waals surface area (Å²) in [4.78, 5) is 10.2. The molecule has 82 valence electrons. The maximum Gasteiger partial charge on any atom is 0.536 e. The molecule has 0 heterocycles. The van der Waals surface area contributed by atoms with Crippen molar-refractivity contribution in [2.75, 3.05) is 21.3 Å². The van der Waals surface area contributed by atoms with E-state index < -0.39 is 8.80 Å². The van der Waals surface area contributed by atoms with E-state index in [-0.39, 0.29) is 0 Å². The molecule has 0 unspecified atom stereocenters. The summed E-state index contributed by atoms with van der Waals surface area (Å²) < 4.78 is 15.8. The van der Waals surface area contributed by atoms with Crippen molar-refractivity contribution in [1.29, 1.82) is 0 Å². The molecule has 0 aromatic heterocycles. The Morgan fingerprint density at radius 1 is 1.00 bits per heavy atom. The zero-order chi connectivity index (χ0) is 11.3. The maximum absolute atomic E-state index is 10.2. The Labute approximate surface area is 89.3 Å². The minimum Gasteiger partial charge on any atom is -0.373 e. The summed E-state index contributed by atoms with van der Waals surface area (Å²) in [7, 11) is 1.83. The van der Waals surface area contributed by atoms with E-state index in [1.807, 2.05) is 0 Å². The highest BCUT2D eigenvalue weighted by Gasteiger charge is 2.40. The van der Waals surface area contributed by atoms with Crippen molar-refractivity contribution < 1.29 is 13.3 Å². The second-order valence-corrected chi connectivity index (χ2v) is 5.72. The summed E-state index contributed by atoms with van der Waals surface area (Å²) >= 11 is 0. The predicted octanol–water partition coefficient (Wildman–Crippen LogP) is 1.17. The second kappa shape index (κ2) is 5.13. The number of nitroso groups, excluding NO2 is 1. The maximum atomic E-state index is 10.2. The van der Waals surface area contributed by atoms with Crippen LogP contribution in [-0.4, -0.2) is 30.1 Å². The van der Waals surface area contributed by atoms with Crippen LogP contribution in [0.4, 0.5) is 5.69 Å². The molecule has 1 aromatic rings. The summed E-state index contributed by atoms with van der Waals surface area (Å²) in [6, 6.07) is 6.64. The molecule has 0 saturated carbocycles. The highest BCUT2D eigenvalue weighted by atomic mass is 28.4. The van der Waals surface area contributed by atoms with Crippen LogP contribution in [0, 0.1) is 4.91 Å². The molecule has 15 heavy (non-hydrogen) atoms. The lowest BCUT2D eigenvalue weighted by Crippen LogP contribution is -2.54. The van der Waals surface area contributed by atoms with Crippen molar-refractivity contribution in [3.63, 3.8) is 0 Å².